The molecule has 0 fully saturated rings. The van der Waals surface area contributed by atoms with Gasteiger partial charge in [-0.25, -0.2) is 0 Å². The van der Waals surface area contributed by atoms with E-state index in [-0.39, 0.29) is 17.4 Å². The number of carbonyl (C=O) groups excluding carboxylic acids is 2. The maximum Gasteiger partial charge on any atom is 0.248 e. The summed E-state index contributed by atoms with van der Waals surface area (Å²) in [5.41, 5.74) is 2.26. The van der Waals surface area contributed by atoms with Crippen LogP contribution in [0, 0.1) is 0 Å². The zero-order valence-electron chi connectivity index (χ0n) is 15.4. The highest BCUT2D eigenvalue weighted by Gasteiger charge is 2.39. The number of hydrogen-bond acceptors (Lipinski definition) is 2. The van der Waals surface area contributed by atoms with Crippen molar-refractivity contribution in [3.63, 3.8) is 0 Å². The Hall–Kier alpha value is -2.88. The van der Waals surface area contributed by atoms with Gasteiger partial charge in [0.25, 0.3) is 0 Å². The number of benzene rings is 2. The van der Waals surface area contributed by atoms with E-state index in [0.717, 1.165) is 16.7 Å². The molecule has 0 radical (unpaired) electrons. The number of nitrogens with zero attached hydrogens (tertiary/aromatic N) is 1. The second kappa shape index (κ2) is 7.16. The lowest BCUT2D eigenvalue weighted by Gasteiger charge is -2.30. The molecule has 26 heavy (non-hydrogen) atoms. The maximum atomic E-state index is 13.0. The highest BCUT2D eigenvalue weighted by molar-refractivity contribution is 6.10. The molecule has 0 saturated carbocycles. The molecule has 134 valence electrons. The Labute approximate surface area is 154 Å². The zero-order valence-corrected chi connectivity index (χ0v) is 15.4. The van der Waals surface area contributed by atoms with Gasteiger partial charge in [-0.05, 0) is 37.5 Å². The summed E-state index contributed by atoms with van der Waals surface area (Å²) < 4.78 is 0. The first-order valence-electron chi connectivity index (χ1n) is 8.79. The van der Waals surface area contributed by atoms with Gasteiger partial charge < -0.3 is 10.2 Å². The summed E-state index contributed by atoms with van der Waals surface area (Å²) in [7, 11) is 0. The van der Waals surface area contributed by atoms with Crippen molar-refractivity contribution >= 4 is 17.4 Å². The third-order valence-corrected chi connectivity index (χ3v) is 4.22. The van der Waals surface area contributed by atoms with Crippen LogP contribution in [-0.2, 0) is 16.1 Å². The Balaban J connectivity index is 1.95. The molecule has 2 aromatic carbocycles. The fourth-order valence-electron chi connectivity index (χ4n) is 3.13. The molecule has 2 aromatic rings. The van der Waals surface area contributed by atoms with Crippen LogP contribution >= 0.6 is 0 Å². The number of nitrogens with one attached hydrogen (secondary N) is 1. The van der Waals surface area contributed by atoms with Crippen molar-refractivity contribution in [1.29, 1.82) is 0 Å². The highest BCUT2D eigenvalue weighted by atomic mass is 16.2. The third kappa shape index (κ3) is 4.02. The van der Waals surface area contributed by atoms with Crippen LogP contribution < -0.4 is 5.32 Å². The van der Waals surface area contributed by atoms with E-state index in [1.807, 2.05) is 81.4 Å². The minimum Gasteiger partial charge on any atom is -0.349 e. The molecule has 0 saturated heterocycles. The lowest BCUT2D eigenvalue weighted by molar-refractivity contribution is -0.134. The highest BCUT2D eigenvalue weighted by Crippen LogP contribution is 2.30. The van der Waals surface area contributed by atoms with E-state index in [1.54, 1.807) is 11.0 Å². The van der Waals surface area contributed by atoms with E-state index in [2.05, 4.69) is 5.32 Å². The molecule has 4 heteroatoms. The molecule has 0 aliphatic carbocycles. The second-order valence-corrected chi connectivity index (χ2v) is 7.56. The van der Waals surface area contributed by atoms with Crippen molar-refractivity contribution in [1.82, 2.24) is 10.2 Å². The molecule has 1 N–H and O–H groups in total. The van der Waals surface area contributed by atoms with Gasteiger partial charge in [0.1, 0.15) is 6.04 Å². The summed E-state index contributed by atoms with van der Waals surface area (Å²) in [4.78, 5) is 27.4. The average molecular weight is 348 g/mol. The van der Waals surface area contributed by atoms with Crippen molar-refractivity contribution < 1.29 is 9.59 Å². The normalized spacial score (nSPS) is 17.2. The van der Waals surface area contributed by atoms with Crippen LogP contribution in [0.3, 0.4) is 0 Å². The van der Waals surface area contributed by atoms with Crippen molar-refractivity contribution in [2.45, 2.75) is 38.9 Å². The van der Waals surface area contributed by atoms with Gasteiger partial charge in [-0.1, -0.05) is 60.7 Å². The van der Waals surface area contributed by atoms with E-state index in [9.17, 15) is 9.59 Å². The van der Waals surface area contributed by atoms with Crippen molar-refractivity contribution in [3.05, 3.63) is 77.9 Å². The van der Waals surface area contributed by atoms with Gasteiger partial charge >= 0.3 is 0 Å². The van der Waals surface area contributed by atoms with Gasteiger partial charge in [0.15, 0.2) is 0 Å². The molecule has 0 spiro atoms. The minimum absolute atomic E-state index is 0.137. The van der Waals surface area contributed by atoms with Crippen LogP contribution in [0.2, 0.25) is 0 Å². The summed E-state index contributed by atoms with van der Waals surface area (Å²) >= 11 is 0. The van der Waals surface area contributed by atoms with Gasteiger partial charge in [-0.3, -0.25) is 9.59 Å². The van der Waals surface area contributed by atoms with Crippen molar-refractivity contribution in [2.75, 3.05) is 0 Å². The number of amides is 2. The largest absolute Gasteiger partial charge is 0.349 e. The average Bonchev–Trinajstić information content (AvgIpc) is 2.92. The summed E-state index contributed by atoms with van der Waals surface area (Å²) in [6.45, 7) is 6.22. The Morgan fingerprint density at radius 3 is 2.15 bits per heavy atom. The minimum atomic E-state index is -0.635. The Morgan fingerprint density at radius 2 is 1.58 bits per heavy atom. The molecule has 3 rings (SSSR count). The molecule has 1 heterocycles. The van der Waals surface area contributed by atoms with Gasteiger partial charge in [0, 0.05) is 18.2 Å². The van der Waals surface area contributed by atoms with Crippen molar-refractivity contribution in [3.8, 4) is 0 Å². The maximum absolute atomic E-state index is 13.0. The van der Waals surface area contributed by atoms with E-state index >= 15 is 0 Å². The second-order valence-electron chi connectivity index (χ2n) is 7.56. The molecule has 0 aromatic heterocycles. The van der Waals surface area contributed by atoms with Gasteiger partial charge in [0.05, 0.1) is 0 Å². The van der Waals surface area contributed by atoms with E-state index in [0.29, 0.717) is 6.54 Å². The summed E-state index contributed by atoms with van der Waals surface area (Å²) in [6, 6.07) is 18.7. The molecule has 1 aliphatic heterocycles. The predicted octanol–water partition coefficient (Wildman–Crippen LogP) is 3.40. The molecular weight excluding hydrogens is 324 g/mol. The lowest BCUT2D eigenvalue weighted by atomic mass is 9.98. The quantitative estimate of drug-likeness (QED) is 0.921. The molecule has 1 aliphatic rings. The summed E-state index contributed by atoms with van der Waals surface area (Å²) in [6.07, 6.45) is 1.59. The Kier molecular flexibility index (Phi) is 4.94. The van der Waals surface area contributed by atoms with Crippen molar-refractivity contribution in [2.24, 2.45) is 0 Å². The van der Waals surface area contributed by atoms with Crippen LogP contribution in [0.4, 0.5) is 0 Å². The van der Waals surface area contributed by atoms with Gasteiger partial charge in [0.2, 0.25) is 11.8 Å². The van der Waals surface area contributed by atoms with E-state index in [1.165, 1.54) is 0 Å². The summed E-state index contributed by atoms with van der Waals surface area (Å²) in [5, 5.41) is 3.02. The van der Waals surface area contributed by atoms with Crippen LogP contribution in [0.5, 0.6) is 0 Å². The third-order valence-electron chi connectivity index (χ3n) is 4.22. The fraction of sp³-hybridized carbons (Fsp3) is 0.273. The molecule has 0 bridgehead atoms. The molecule has 4 nitrogen and oxygen atoms in total. The molecular formula is C22H24N2O2. The van der Waals surface area contributed by atoms with Crippen LogP contribution in [0.25, 0.3) is 5.57 Å². The standard InChI is InChI=1S/C22H24N2O2/c1-22(2,3)23-21(26)20-18(17-12-8-5-9-13-17)14-19(25)24(20)15-16-10-6-4-7-11-16/h4-14,20H,15H2,1-3H3,(H,23,26). The smallest absolute Gasteiger partial charge is 0.248 e. The first-order valence-corrected chi connectivity index (χ1v) is 8.79. The fourth-order valence-corrected chi connectivity index (χ4v) is 3.13. The van der Waals surface area contributed by atoms with Gasteiger partial charge in [-0.2, -0.15) is 0 Å². The van der Waals surface area contributed by atoms with Crippen LogP contribution in [0.15, 0.2) is 66.7 Å². The predicted molar refractivity (Wildman–Crippen MR) is 103 cm³/mol. The zero-order chi connectivity index (χ0) is 18.7. The van der Waals surface area contributed by atoms with E-state index in [4.69, 9.17) is 0 Å². The number of hydrogen-bond donors (Lipinski definition) is 1. The number of carbonyl (C=O) groups is 2. The summed E-state index contributed by atoms with van der Waals surface area (Å²) in [5.74, 6) is -0.295. The monoisotopic (exact) mass is 348 g/mol. The Bertz CT molecular complexity index is 820. The van der Waals surface area contributed by atoms with Crippen LogP contribution in [0.1, 0.15) is 31.9 Å². The molecule has 1 unspecified atom stereocenters. The van der Waals surface area contributed by atoms with Gasteiger partial charge in [-0.15, -0.1) is 0 Å². The number of rotatable bonds is 4. The molecule has 1 atom stereocenters. The SMILES string of the molecule is CC(C)(C)NC(=O)C1C(c2ccccc2)=CC(=O)N1Cc1ccccc1. The lowest BCUT2D eigenvalue weighted by Crippen LogP contribution is -2.51. The molecule has 2 amide bonds. The topological polar surface area (TPSA) is 49.4 Å². The first-order chi connectivity index (χ1) is 12.3. The first kappa shape index (κ1) is 17.9. The van der Waals surface area contributed by atoms with Crippen LogP contribution in [-0.4, -0.2) is 28.3 Å². The Morgan fingerprint density at radius 1 is 1.00 bits per heavy atom. The van der Waals surface area contributed by atoms with E-state index < -0.39 is 6.04 Å².